The normalized spacial score (nSPS) is 40.4. The molecule has 0 spiro atoms. The molecule has 3 rings (SSSR count). The third-order valence-corrected chi connectivity index (χ3v) is 4.92. The summed E-state index contributed by atoms with van der Waals surface area (Å²) in [6.45, 7) is 7.37. The minimum atomic E-state index is 0.544. The molecule has 0 heterocycles. The highest BCUT2D eigenvalue weighted by molar-refractivity contribution is 4.96. The lowest BCUT2D eigenvalue weighted by molar-refractivity contribution is 0.0319. The number of hydrogen-bond acceptors (Lipinski definition) is 0. The first-order chi connectivity index (χ1) is 6.04. The lowest BCUT2D eigenvalue weighted by Crippen LogP contribution is -2.37. The number of hydrogen-bond donors (Lipinski definition) is 0. The zero-order valence-corrected chi connectivity index (χ0v) is 9.53. The van der Waals surface area contributed by atoms with Crippen molar-refractivity contribution in [1.82, 2.24) is 0 Å². The van der Waals surface area contributed by atoms with Gasteiger partial charge in [0.1, 0.15) is 0 Å². The monoisotopic (exact) mass is 180 g/mol. The summed E-state index contributed by atoms with van der Waals surface area (Å²) in [5.74, 6) is 1.10. The van der Waals surface area contributed by atoms with Crippen LogP contribution < -0.4 is 0 Å². The SMILES string of the molecule is CC(C)(C)C12CCCC(CC1)CC2. The zero-order chi connectivity index (χ0) is 9.53. The van der Waals surface area contributed by atoms with Gasteiger partial charge in [-0.25, -0.2) is 0 Å². The van der Waals surface area contributed by atoms with Gasteiger partial charge in [-0.05, 0) is 48.9 Å². The lowest BCUT2D eigenvalue weighted by Gasteiger charge is -2.47. The van der Waals surface area contributed by atoms with Crippen molar-refractivity contribution in [2.75, 3.05) is 0 Å². The molecule has 3 aliphatic carbocycles. The summed E-state index contributed by atoms with van der Waals surface area (Å²) < 4.78 is 0. The minimum Gasteiger partial charge on any atom is -0.0596 e. The van der Waals surface area contributed by atoms with Crippen molar-refractivity contribution in [2.24, 2.45) is 16.7 Å². The van der Waals surface area contributed by atoms with Gasteiger partial charge in [-0.2, -0.15) is 0 Å². The van der Waals surface area contributed by atoms with E-state index in [2.05, 4.69) is 20.8 Å². The summed E-state index contributed by atoms with van der Waals surface area (Å²) in [5.41, 5.74) is 1.25. The Bertz CT molecular complexity index is 171. The number of fused-ring (bicyclic) bond motifs is 4. The Morgan fingerprint density at radius 1 is 0.923 bits per heavy atom. The van der Waals surface area contributed by atoms with E-state index in [9.17, 15) is 0 Å². The Morgan fingerprint density at radius 3 is 2.08 bits per heavy atom. The van der Waals surface area contributed by atoms with Gasteiger partial charge in [-0.1, -0.05) is 33.6 Å². The number of rotatable bonds is 0. The van der Waals surface area contributed by atoms with Crippen LogP contribution in [0.1, 0.15) is 65.7 Å². The van der Waals surface area contributed by atoms with Crippen molar-refractivity contribution >= 4 is 0 Å². The van der Waals surface area contributed by atoms with Crippen LogP contribution in [-0.2, 0) is 0 Å². The molecule has 0 amide bonds. The van der Waals surface area contributed by atoms with E-state index >= 15 is 0 Å². The first kappa shape index (κ1) is 9.55. The van der Waals surface area contributed by atoms with Crippen molar-refractivity contribution in [1.29, 1.82) is 0 Å². The van der Waals surface area contributed by atoms with E-state index < -0.39 is 0 Å². The van der Waals surface area contributed by atoms with E-state index in [4.69, 9.17) is 0 Å². The molecule has 13 heavy (non-hydrogen) atoms. The highest BCUT2D eigenvalue weighted by Crippen LogP contribution is 2.56. The molecule has 3 saturated carbocycles. The molecule has 0 heteroatoms. The van der Waals surface area contributed by atoms with Gasteiger partial charge in [0.15, 0.2) is 0 Å². The Morgan fingerprint density at radius 2 is 1.54 bits per heavy atom. The molecular formula is C13H24. The van der Waals surface area contributed by atoms with Gasteiger partial charge in [-0.3, -0.25) is 0 Å². The van der Waals surface area contributed by atoms with Gasteiger partial charge in [-0.15, -0.1) is 0 Å². The second kappa shape index (κ2) is 3.00. The van der Waals surface area contributed by atoms with Crippen LogP contribution in [0.5, 0.6) is 0 Å². The van der Waals surface area contributed by atoms with E-state index in [-0.39, 0.29) is 0 Å². The highest BCUT2D eigenvalue weighted by Gasteiger charge is 2.45. The molecule has 0 aromatic carbocycles. The van der Waals surface area contributed by atoms with Crippen LogP contribution in [0.15, 0.2) is 0 Å². The maximum absolute atomic E-state index is 2.46. The van der Waals surface area contributed by atoms with Gasteiger partial charge >= 0.3 is 0 Å². The average molecular weight is 180 g/mol. The average Bonchev–Trinajstić information content (AvgIpc) is 2.35. The molecule has 2 bridgehead atoms. The summed E-state index contributed by atoms with van der Waals surface area (Å²) in [7, 11) is 0. The van der Waals surface area contributed by atoms with E-state index in [1.54, 1.807) is 0 Å². The van der Waals surface area contributed by atoms with Gasteiger partial charge < -0.3 is 0 Å². The molecule has 0 aromatic rings. The molecule has 0 aliphatic heterocycles. The summed E-state index contributed by atoms with van der Waals surface area (Å²) in [6.07, 6.45) is 10.6. The fourth-order valence-electron chi connectivity index (χ4n) is 3.62. The molecule has 0 saturated heterocycles. The van der Waals surface area contributed by atoms with Gasteiger partial charge in [0.25, 0.3) is 0 Å². The third kappa shape index (κ3) is 1.53. The molecule has 0 radical (unpaired) electrons. The summed E-state index contributed by atoms with van der Waals surface area (Å²) in [6, 6.07) is 0. The van der Waals surface area contributed by atoms with Gasteiger partial charge in [0.05, 0.1) is 0 Å². The fraction of sp³-hybridized carbons (Fsp3) is 1.00. The molecule has 3 fully saturated rings. The van der Waals surface area contributed by atoms with E-state index in [0.29, 0.717) is 10.8 Å². The summed E-state index contributed by atoms with van der Waals surface area (Å²) in [4.78, 5) is 0. The molecular weight excluding hydrogens is 156 g/mol. The largest absolute Gasteiger partial charge is 0.0596 e. The Labute approximate surface area is 83.1 Å². The van der Waals surface area contributed by atoms with Crippen LogP contribution in [0.2, 0.25) is 0 Å². The van der Waals surface area contributed by atoms with Gasteiger partial charge in [0.2, 0.25) is 0 Å². The zero-order valence-electron chi connectivity index (χ0n) is 9.53. The van der Waals surface area contributed by atoms with Crippen molar-refractivity contribution in [3.8, 4) is 0 Å². The van der Waals surface area contributed by atoms with Gasteiger partial charge in [0, 0.05) is 0 Å². The summed E-state index contributed by atoms with van der Waals surface area (Å²) >= 11 is 0. The molecule has 0 aromatic heterocycles. The first-order valence-corrected chi connectivity index (χ1v) is 6.04. The van der Waals surface area contributed by atoms with Crippen molar-refractivity contribution in [3.63, 3.8) is 0 Å². The molecule has 0 atom stereocenters. The molecule has 0 nitrogen and oxygen atoms in total. The van der Waals surface area contributed by atoms with Crippen LogP contribution in [0, 0.1) is 16.7 Å². The smallest absolute Gasteiger partial charge is 0.0249 e. The maximum atomic E-state index is 2.46. The second-order valence-electron chi connectivity index (χ2n) is 6.37. The van der Waals surface area contributed by atoms with E-state index in [0.717, 1.165) is 5.92 Å². The first-order valence-electron chi connectivity index (χ1n) is 6.04. The van der Waals surface area contributed by atoms with E-state index in [1.165, 1.54) is 44.9 Å². The Balaban J connectivity index is 2.21. The van der Waals surface area contributed by atoms with E-state index in [1.807, 2.05) is 0 Å². The predicted octanol–water partition coefficient (Wildman–Crippen LogP) is 4.39. The predicted molar refractivity (Wildman–Crippen MR) is 57.7 cm³/mol. The highest BCUT2D eigenvalue weighted by atomic mass is 14.5. The second-order valence-corrected chi connectivity index (χ2v) is 6.37. The molecule has 0 N–H and O–H groups in total. The lowest BCUT2D eigenvalue weighted by atomic mass is 9.58. The quantitative estimate of drug-likeness (QED) is 0.518. The standard InChI is InChI=1S/C13H24/c1-12(2,3)13-8-4-5-11(6-9-13)7-10-13/h11H,4-10H2,1-3H3. The molecule has 3 aliphatic rings. The Kier molecular flexibility index (Phi) is 2.20. The third-order valence-electron chi connectivity index (χ3n) is 4.92. The maximum Gasteiger partial charge on any atom is -0.0249 e. The van der Waals surface area contributed by atoms with Crippen molar-refractivity contribution < 1.29 is 0 Å². The Hall–Kier alpha value is 0. The van der Waals surface area contributed by atoms with Crippen molar-refractivity contribution in [2.45, 2.75) is 65.7 Å². The van der Waals surface area contributed by atoms with Crippen LogP contribution in [-0.4, -0.2) is 0 Å². The molecule has 76 valence electrons. The van der Waals surface area contributed by atoms with Crippen LogP contribution >= 0.6 is 0 Å². The van der Waals surface area contributed by atoms with Crippen LogP contribution in [0.3, 0.4) is 0 Å². The summed E-state index contributed by atoms with van der Waals surface area (Å²) in [5, 5.41) is 0. The van der Waals surface area contributed by atoms with Crippen molar-refractivity contribution in [3.05, 3.63) is 0 Å². The van der Waals surface area contributed by atoms with Crippen LogP contribution in [0.25, 0.3) is 0 Å². The minimum absolute atomic E-state index is 0.544. The van der Waals surface area contributed by atoms with Crippen LogP contribution in [0.4, 0.5) is 0 Å². The molecule has 0 unspecified atom stereocenters. The topological polar surface area (TPSA) is 0 Å². The fourth-order valence-corrected chi connectivity index (χ4v) is 3.62.